The number of rotatable bonds is 2. The molecule has 26 heavy (non-hydrogen) atoms. The van der Waals surface area contributed by atoms with Gasteiger partial charge in [0.25, 0.3) is 0 Å². The van der Waals surface area contributed by atoms with Gasteiger partial charge in [0.2, 0.25) is 0 Å². The number of aryl methyl sites for hydroxylation is 2. The van der Waals surface area contributed by atoms with Gasteiger partial charge in [-0.05, 0) is 73.4 Å². The van der Waals surface area contributed by atoms with Crippen LogP contribution in [0.25, 0.3) is 33.4 Å². The van der Waals surface area contributed by atoms with E-state index in [0.29, 0.717) is 11.4 Å². The number of aromatic nitrogens is 3. The third-order valence-electron chi connectivity index (χ3n) is 4.68. The summed E-state index contributed by atoms with van der Waals surface area (Å²) in [6.45, 7) is 5.81. The van der Waals surface area contributed by atoms with Crippen molar-refractivity contribution in [1.29, 1.82) is 0 Å². The molecule has 3 nitrogen and oxygen atoms in total. The van der Waals surface area contributed by atoms with E-state index in [1.165, 1.54) is 6.07 Å². The monoisotopic (exact) mass is 343 g/mol. The molecule has 2 aromatic carbocycles. The zero-order valence-electron chi connectivity index (χ0n) is 14.9. The number of fused-ring (bicyclic) bond motifs is 1. The molecule has 0 aliphatic rings. The predicted molar refractivity (Wildman–Crippen MR) is 102 cm³/mol. The number of hydrogen-bond donors (Lipinski definition) is 0. The van der Waals surface area contributed by atoms with E-state index in [1.54, 1.807) is 25.4 Å². The molecular formula is C22H18FN3. The standard InChI is InChI=1S/C22H18FN3/c1-13-10-17(18-7-4-8-20(23)14(18)2)11-19-15(3)25-22(26-21(13)19)16-6-5-9-24-12-16/h4-12H,1-3H3. The SMILES string of the molecule is Cc1c(F)cccc1-c1cc(C)c2nc(-c3cccnc3)nc(C)c2c1. The molecule has 128 valence electrons. The minimum atomic E-state index is -0.194. The molecule has 0 radical (unpaired) electrons. The predicted octanol–water partition coefficient (Wildman–Crippen LogP) is 5.42. The van der Waals surface area contributed by atoms with Crippen molar-refractivity contribution in [2.24, 2.45) is 0 Å². The first-order valence-corrected chi connectivity index (χ1v) is 8.49. The van der Waals surface area contributed by atoms with Gasteiger partial charge in [-0.3, -0.25) is 4.98 Å². The van der Waals surface area contributed by atoms with Crippen molar-refractivity contribution in [2.45, 2.75) is 20.8 Å². The molecule has 0 spiro atoms. The summed E-state index contributed by atoms with van der Waals surface area (Å²) < 4.78 is 14.0. The third-order valence-corrected chi connectivity index (χ3v) is 4.68. The fourth-order valence-corrected chi connectivity index (χ4v) is 3.25. The lowest BCUT2D eigenvalue weighted by molar-refractivity contribution is 0.619. The van der Waals surface area contributed by atoms with Gasteiger partial charge in [0.1, 0.15) is 5.82 Å². The summed E-state index contributed by atoms with van der Waals surface area (Å²) in [7, 11) is 0. The molecular weight excluding hydrogens is 325 g/mol. The van der Waals surface area contributed by atoms with Gasteiger partial charge in [-0.15, -0.1) is 0 Å². The summed E-state index contributed by atoms with van der Waals surface area (Å²) in [5.74, 6) is 0.473. The second kappa shape index (κ2) is 6.30. The summed E-state index contributed by atoms with van der Waals surface area (Å²) in [6.07, 6.45) is 3.50. The van der Waals surface area contributed by atoms with E-state index in [9.17, 15) is 4.39 Å². The van der Waals surface area contributed by atoms with Gasteiger partial charge < -0.3 is 0 Å². The summed E-state index contributed by atoms with van der Waals surface area (Å²) in [6, 6.07) is 13.1. The highest BCUT2D eigenvalue weighted by Gasteiger charge is 2.13. The van der Waals surface area contributed by atoms with E-state index in [0.717, 1.165) is 38.9 Å². The van der Waals surface area contributed by atoms with Crippen LogP contribution in [-0.4, -0.2) is 15.0 Å². The number of hydrogen-bond acceptors (Lipinski definition) is 3. The molecule has 0 fully saturated rings. The fourth-order valence-electron chi connectivity index (χ4n) is 3.25. The normalized spacial score (nSPS) is 11.1. The van der Waals surface area contributed by atoms with E-state index in [1.807, 2.05) is 38.1 Å². The fraction of sp³-hybridized carbons (Fsp3) is 0.136. The molecule has 0 saturated carbocycles. The van der Waals surface area contributed by atoms with Gasteiger partial charge in [-0.2, -0.15) is 0 Å². The van der Waals surface area contributed by atoms with Gasteiger partial charge in [0.05, 0.1) is 5.52 Å². The van der Waals surface area contributed by atoms with Gasteiger partial charge in [-0.1, -0.05) is 12.1 Å². The van der Waals surface area contributed by atoms with Crippen LogP contribution in [0.15, 0.2) is 54.9 Å². The topological polar surface area (TPSA) is 38.7 Å². The average molecular weight is 343 g/mol. The van der Waals surface area contributed by atoms with E-state index >= 15 is 0 Å². The van der Waals surface area contributed by atoms with Crippen molar-refractivity contribution in [1.82, 2.24) is 15.0 Å². The Balaban J connectivity index is 1.94. The van der Waals surface area contributed by atoms with Crippen LogP contribution in [0.3, 0.4) is 0 Å². The quantitative estimate of drug-likeness (QED) is 0.487. The maximum absolute atomic E-state index is 14.0. The molecule has 0 N–H and O–H groups in total. The van der Waals surface area contributed by atoms with Crippen molar-refractivity contribution in [3.05, 3.63) is 77.5 Å². The van der Waals surface area contributed by atoms with Crippen LogP contribution in [0.5, 0.6) is 0 Å². The first-order valence-electron chi connectivity index (χ1n) is 8.49. The Labute approximate surface area is 151 Å². The molecule has 0 aliphatic carbocycles. The Morgan fingerprint density at radius 1 is 0.885 bits per heavy atom. The molecule has 0 unspecified atom stereocenters. The molecule has 2 heterocycles. The third kappa shape index (κ3) is 2.73. The summed E-state index contributed by atoms with van der Waals surface area (Å²) in [4.78, 5) is 13.6. The van der Waals surface area contributed by atoms with Crippen LogP contribution in [0.1, 0.15) is 16.8 Å². The largest absolute Gasteiger partial charge is 0.264 e. The zero-order chi connectivity index (χ0) is 18.3. The summed E-state index contributed by atoms with van der Waals surface area (Å²) in [5.41, 5.74) is 6.26. The summed E-state index contributed by atoms with van der Waals surface area (Å²) >= 11 is 0. The van der Waals surface area contributed by atoms with Crippen LogP contribution < -0.4 is 0 Å². The van der Waals surface area contributed by atoms with Crippen molar-refractivity contribution >= 4 is 10.9 Å². The highest BCUT2D eigenvalue weighted by Crippen LogP contribution is 2.31. The second-order valence-corrected chi connectivity index (χ2v) is 6.48. The highest BCUT2D eigenvalue weighted by molar-refractivity contribution is 5.90. The van der Waals surface area contributed by atoms with Gasteiger partial charge in [0.15, 0.2) is 5.82 Å². The Hall–Kier alpha value is -3.14. The number of halogens is 1. The van der Waals surface area contributed by atoms with Crippen molar-refractivity contribution in [3.63, 3.8) is 0 Å². The van der Waals surface area contributed by atoms with Crippen LogP contribution in [0.4, 0.5) is 4.39 Å². The highest BCUT2D eigenvalue weighted by atomic mass is 19.1. The van der Waals surface area contributed by atoms with Crippen LogP contribution in [0.2, 0.25) is 0 Å². The Morgan fingerprint density at radius 3 is 2.50 bits per heavy atom. The van der Waals surface area contributed by atoms with Gasteiger partial charge >= 0.3 is 0 Å². The second-order valence-electron chi connectivity index (χ2n) is 6.48. The van der Waals surface area contributed by atoms with Crippen LogP contribution in [0, 0.1) is 26.6 Å². The van der Waals surface area contributed by atoms with Crippen LogP contribution >= 0.6 is 0 Å². The van der Waals surface area contributed by atoms with E-state index in [4.69, 9.17) is 4.98 Å². The lowest BCUT2D eigenvalue weighted by Gasteiger charge is -2.12. The zero-order valence-corrected chi connectivity index (χ0v) is 14.9. The molecule has 4 heteroatoms. The van der Waals surface area contributed by atoms with Gasteiger partial charge in [0, 0.05) is 29.0 Å². The molecule has 0 saturated heterocycles. The number of pyridine rings is 1. The Morgan fingerprint density at radius 2 is 1.73 bits per heavy atom. The maximum atomic E-state index is 14.0. The Kier molecular flexibility index (Phi) is 3.96. The van der Waals surface area contributed by atoms with Crippen molar-refractivity contribution in [2.75, 3.05) is 0 Å². The Bertz CT molecular complexity index is 1120. The molecule has 0 atom stereocenters. The smallest absolute Gasteiger partial charge is 0.161 e. The minimum absolute atomic E-state index is 0.194. The minimum Gasteiger partial charge on any atom is -0.264 e. The maximum Gasteiger partial charge on any atom is 0.161 e. The number of benzene rings is 2. The molecule has 0 amide bonds. The molecule has 0 aliphatic heterocycles. The lowest BCUT2D eigenvalue weighted by Crippen LogP contribution is -1.97. The number of nitrogens with zero attached hydrogens (tertiary/aromatic N) is 3. The summed E-state index contributed by atoms with van der Waals surface area (Å²) in [5, 5.41) is 0.983. The van der Waals surface area contributed by atoms with E-state index in [2.05, 4.69) is 16.0 Å². The molecule has 4 rings (SSSR count). The first kappa shape index (κ1) is 16.3. The van der Waals surface area contributed by atoms with Crippen molar-refractivity contribution < 1.29 is 4.39 Å². The molecule has 2 aromatic heterocycles. The van der Waals surface area contributed by atoms with Gasteiger partial charge in [-0.25, -0.2) is 14.4 Å². The molecule has 0 bridgehead atoms. The van der Waals surface area contributed by atoms with Crippen LogP contribution in [-0.2, 0) is 0 Å². The molecule has 4 aromatic rings. The lowest BCUT2D eigenvalue weighted by atomic mass is 9.96. The first-order chi connectivity index (χ1) is 12.5. The van der Waals surface area contributed by atoms with E-state index < -0.39 is 0 Å². The average Bonchev–Trinajstić information content (AvgIpc) is 2.65. The van der Waals surface area contributed by atoms with E-state index in [-0.39, 0.29) is 5.82 Å². The van der Waals surface area contributed by atoms with Crippen molar-refractivity contribution in [3.8, 4) is 22.5 Å².